The van der Waals surface area contributed by atoms with E-state index in [2.05, 4.69) is 41.7 Å². The van der Waals surface area contributed by atoms with E-state index < -0.39 is 11.6 Å². The van der Waals surface area contributed by atoms with Crippen LogP contribution < -0.4 is 16.0 Å². The Kier molecular flexibility index (Phi) is 6.74. The smallest absolute Gasteiger partial charge is 0.191 e. The summed E-state index contributed by atoms with van der Waals surface area (Å²) >= 11 is 0. The van der Waals surface area contributed by atoms with E-state index in [9.17, 15) is 8.78 Å². The van der Waals surface area contributed by atoms with Crippen molar-refractivity contribution in [1.29, 1.82) is 0 Å². The van der Waals surface area contributed by atoms with Crippen LogP contribution in [-0.2, 0) is 0 Å². The molecule has 1 atom stereocenters. The molecule has 1 rings (SSSR count). The minimum atomic E-state index is -0.579. The lowest BCUT2D eigenvalue weighted by molar-refractivity contribution is 0.428. The van der Waals surface area contributed by atoms with Crippen LogP contribution >= 0.6 is 0 Å². The molecular formula is C16H26F2N4. The molecule has 6 heteroatoms. The van der Waals surface area contributed by atoms with Gasteiger partial charge in [-0.25, -0.2) is 8.78 Å². The first-order chi connectivity index (χ1) is 10.2. The Morgan fingerprint density at radius 3 is 2.45 bits per heavy atom. The summed E-state index contributed by atoms with van der Waals surface area (Å²) in [6.07, 6.45) is 0. The largest absolute Gasteiger partial charge is 0.355 e. The highest BCUT2D eigenvalue weighted by molar-refractivity contribution is 5.80. The maximum absolute atomic E-state index is 13.7. The maximum Gasteiger partial charge on any atom is 0.191 e. The first-order valence-corrected chi connectivity index (χ1v) is 7.40. The van der Waals surface area contributed by atoms with Crippen LogP contribution in [0, 0.1) is 11.6 Å². The molecule has 4 nitrogen and oxygen atoms in total. The van der Waals surface area contributed by atoms with Crippen LogP contribution in [-0.4, -0.2) is 31.6 Å². The fourth-order valence-electron chi connectivity index (χ4n) is 1.95. The lowest BCUT2D eigenvalue weighted by Crippen LogP contribution is -2.45. The number of halogens is 2. The number of hydrogen-bond donors (Lipinski definition) is 3. The summed E-state index contributed by atoms with van der Waals surface area (Å²) in [4.78, 5) is 4.10. The number of aliphatic imine (C=N–C) groups is 1. The van der Waals surface area contributed by atoms with Crippen molar-refractivity contribution < 1.29 is 8.78 Å². The summed E-state index contributed by atoms with van der Waals surface area (Å²) < 4.78 is 26.7. The number of rotatable bonds is 5. The van der Waals surface area contributed by atoms with Gasteiger partial charge >= 0.3 is 0 Å². The van der Waals surface area contributed by atoms with Gasteiger partial charge in [0.2, 0.25) is 0 Å². The van der Waals surface area contributed by atoms with Crippen molar-refractivity contribution in [2.24, 2.45) is 4.99 Å². The molecule has 0 amide bonds. The predicted octanol–water partition coefficient (Wildman–Crippen LogP) is 2.58. The van der Waals surface area contributed by atoms with E-state index >= 15 is 0 Å². The zero-order valence-electron chi connectivity index (χ0n) is 13.9. The Bertz CT molecular complexity index is 509. The van der Waals surface area contributed by atoms with E-state index in [0.717, 1.165) is 12.6 Å². The Morgan fingerprint density at radius 1 is 1.23 bits per heavy atom. The monoisotopic (exact) mass is 312 g/mol. The van der Waals surface area contributed by atoms with Gasteiger partial charge in [0, 0.05) is 37.3 Å². The first kappa shape index (κ1) is 18.4. The molecule has 0 fully saturated rings. The number of nitrogens with zero attached hydrogens (tertiary/aromatic N) is 1. The average Bonchev–Trinajstić information content (AvgIpc) is 2.40. The quantitative estimate of drug-likeness (QED) is 0.445. The van der Waals surface area contributed by atoms with Crippen LogP contribution in [0.4, 0.5) is 8.78 Å². The van der Waals surface area contributed by atoms with Crippen LogP contribution in [0.25, 0.3) is 0 Å². The highest BCUT2D eigenvalue weighted by atomic mass is 19.1. The molecule has 0 aliphatic rings. The second-order valence-corrected chi connectivity index (χ2v) is 6.21. The fourth-order valence-corrected chi connectivity index (χ4v) is 1.95. The molecule has 0 spiro atoms. The summed E-state index contributed by atoms with van der Waals surface area (Å²) in [6, 6.07) is 3.26. The van der Waals surface area contributed by atoms with E-state index in [1.807, 2.05) is 0 Å². The van der Waals surface area contributed by atoms with Crippen molar-refractivity contribution in [3.05, 3.63) is 35.4 Å². The van der Waals surface area contributed by atoms with Crippen molar-refractivity contribution in [3.8, 4) is 0 Å². The number of guanidine groups is 1. The molecule has 1 aromatic carbocycles. The third-order valence-electron chi connectivity index (χ3n) is 3.08. The molecule has 0 aliphatic heterocycles. The number of benzene rings is 1. The van der Waals surface area contributed by atoms with Gasteiger partial charge in [0.05, 0.1) is 6.04 Å². The Labute approximate surface area is 131 Å². The third-order valence-corrected chi connectivity index (χ3v) is 3.08. The van der Waals surface area contributed by atoms with Crippen LogP contribution in [0.1, 0.15) is 39.3 Å². The van der Waals surface area contributed by atoms with Crippen molar-refractivity contribution in [2.45, 2.75) is 39.3 Å². The van der Waals surface area contributed by atoms with Gasteiger partial charge in [-0.3, -0.25) is 4.99 Å². The van der Waals surface area contributed by atoms with Crippen molar-refractivity contribution >= 4 is 5.96 Å². The van der Waals surface area contributed by atoms with Crippen LogP contribution in [0.5, 0.6) is 0 Å². The molecular weight excluding hydrogens is 286 g/mol. The number of hydrogen-bond acceptors (Lipinski definition) is 2. The molecule has 3 N–H and O–H groups in total. The van der Waals surface area contributed by atoms with Crippen LogP contribution in [0.15, 0.2) is 23.2 Å². The molecule has 1 unspecified atom stereocenters. The van der Waals surface area contributed by atoms with Gasteiger partial charge in [0.25, 0.3) is 0 Å². The standard InChI is InChI=1S/C16H26F2N4/c1-11(13-7-6-12(17)10-14(13)18)22-15(19-5)20-8-9-21-16(2,3)4/h6-7,10-11,21H,8-9H2,1-5H3,(H2,19,20,22). The summed E-state index contributed by atoms with van der Waals surface area (Å²) in [5.74, 6) is -0.569. The molecule has 1 aromatic rings. The van der Waals surface area contributed by atoms with Gasteiger partial charge in [-0.2, -0.15) is 0 Å². The minimum Gasteiger partial charge on any atom is -0.355 e. The average molecular weight is 312 g/mol. The van der Waals surface area contributed by atoms with Gasteiger partial charge in [0.1, 0.15) is 11.6 Å². The lowest BCUT2D eigenvalue weighted by Gasteiger charge is -2.22. The van der Waals surface area contributed by atoms with Gasteiger partial charge in [-0.15, -0.1) is 0 Å². The molecule has 124 valence electrons. The predicted molar refractivity (Wildman–Crippen MR) is 87.0 cm³/mol. The Morgan fingerprint density at radius 2 is 1.91 bits per heavy atom. The second-order valence-electron chi connectivity index (χ2n) is 6.21. The Hall–Kier alpha value is -1.69. The molecule has 22 heavy (non-hydrogen) atoms. The van der Waals surface area contributed by atoms with Crippen molar-refractivity contribution in [2.75, 3.05) is 20.1 Å². The molecule has 0 heterocycles. The van der Waals surface area contributed by atoms with Gasteiger partial charge in [0.15, 0.2) is 5.96 Å². The highest BCUT2D eigenvalue weighted by Crippen LogP contribution is 2.17. The third kappa shape index (κ3) is 6.39. The zero-order valence-corrected chi connectivity index (χ0v) is 13.9. The van der Waals surface area contributed by atoms with E-state index in [4.69, 9.17) is 0 Å². The highest BCUT2D eigenvalue weighted by Gasteiger charge is 2.13. The zero-order chi connectivity index (χ0) is 16.8. The normalized spacial score (nSPS) is 13.9. The van der Waals surface area contributed by atoms with E-state index in [-0.39, 0.29) is 11.6 Å². The van der Waals surface area contributed by atoms with Gasteiger partial charge in [-0.1, -0.05) is 6.07 Å². The first-order valence-electron chi connectivity index (χ1n) is 7.40. The molecule has 0 radical (unpaired) electrons. The number of nitrogens with one attached hydrogen (secondary N) is 3. The summed E-state index contributed by atoms with van der Waals surface area (Å²) in [7, 11) is 1.65. The Balaban J connectivity index is 2.52. The van der Waals surface area contributed by atoms with Crippen LogP contribution in [0.3, 0.4) is 0 Å². The summed E-state index contributed by atoms with van der Waals surface area (Å²) in [6.45, 7) is 9.56. The molecule has 0 saturated heterocycles. The van der Waals surface area contributed by atoms with Crippen molar-refractivity contribution in [3.63, 3.8) is 0 Å². The fraction of sp³-hybridized carbons (Fsp3) is 0.562. The molecule has 0 bridgehead atoms. The van der Waals surface area contributed by atoms with E-state index in [1.165, 1.54) is 12.1 Å². The topological polar surface area (TPSA) is 48.5 Å². The molecule has 0 aromatic heterocycles. The lowest BCUT2D eigenvalue weighted by atomic mass is 10.1. The van der Waals surface area contributed by atoms with Gasteiger partial charge in [-0.05, 0) is 33.8 Å². The van der Waals surface area contributed by atoms with E-state index in [1.54, 1.807) is 14.0 Å². The van der Waals surface area contributed by atoms with Crippen molar-refractivity contribution in [1.82, 2.24) is 16.0 Å². The minimum absolute atomic E-state index is 0.0587. The second kappa shape index (κ2) is 8.08. The SMILES string of the molecule is CN=C(NCCNC(C)(C)C)NC(C)c1ccc(F)cc1F. The van der Waals surface area contributed by atoms with Crippen LogP contribution in [0.2, 0.25) is 0 Å². The van der Waals surface area contributed by atoms with E-state index in [0.29, 0.717) is 18.1 Å². The maximum atomic E-state index is 13.7. The molecule has 0 aliphatic carbocycles. The molecule has 0 saturated carbocycles. The summed E-state index contributed by atoms with van der Waals surface area (Å²) in [5, 5.41) is 9.60. The van der Waals surface area contributed by atoms with Gasteiger partial charge < -0.3 is 16.0 Å². The summed E-state index contributed by atoms with van der Waals surface area (Å²) in [5.41, 5.74) is 0.459.